The molecule has 0 aromatic heterocycles. The third-order valence-corrected chi connectivity index (χ3v) is 18.1. The molecule has 0 saturated heterocycles. The Bertz CT molecular complexity index is 1200. The minimum Gasteiger partial charge on any atom is -0.454 e. The predicted molar refractivity (Wildman–Crippen MR) is 194 cm³/mol. The molecule has 4 rings (SSSR count). The van der Waals surface area contributed by atoms with E-state index in [9.17, 15) is 4.79 Å². The number of hydrogen-bond donors (Lipinski definition) is 0. The third kappa shape index (κ3) is 7.08. The Balaban J connectivity index is 1.46. The highest BCUT2D eigenvalue weighted by molar-refractivity contribution is 6.74. The first-order valence-electron chi connectivity index (χ1n) is 18.4. The maximum absolute atomic E-state index is 12.7. The number of esters is 1. The van der Waals surface area contributed by atoms with Crippen LogP contribution < -0.4 is 0 Å². The van der Waals surface area contributed by atoms with E-state index < -0.39 is 19.3 Å². The van der Waals surface area contributed by atoms with Crippen LogP contribution in [0.2, 0.25) is 18.1 Å². The van der Waals surface area contributed by atoms with Gasteiger partial charge in [0.15, 0.2) is 8.32 Å². The number of fused-ring (bicyclic) bond motifs is 5. The van der Waals surface area contributed by atoms with Gasteiger partial charge in [-0.15, -0.1) is 0 Å². The molecule has 0 aromatic carbocycles. The fourth-order valence-corrected chi connectivity index (χ4v) is 10.6. The van der Waals surface area contributed by atoms with Gasteiger partial charge >= 0.3 is 5.97 Å². The van der Waals surface area contributed by atoms with Crippen molar-refractivity contribution < 1.29 is 14.0 Å². The van der Waals surface area contributed by atoms with Gasteiger partial charge < -0.3 is 9.16 Å². The fraction of sp³-hybridized carbons (Fsp3) is 0.780. The van der Waals surface area contributed by atoms with Crippen LogP contribution in [0.15, 0.2) is 47.6 Å². The predicted octanol–water partition coefficient (Wildman–Crippen LogP) is 11.8. The topological polar surface area (TPSA) is 35.5 Å². The molecule has 3 fully saturated rings. The van der Waals surface area contributed by atoms with Gasteiger partial charge in [0.05, 0.1) is 5.41 Å². The lowest BCUT2D eigenvalue weighted by atomic mass is 9.50. The molecule has 7 atom stereocenters. The second kappa shape index (κ2) is 12.9. The van der Waals surface area contributed by atoms with Crippen LogP contribution in [0, 0.1) is 39.9 Å². The lowest BCUT2D eigenvalue weighted by Gasteiger charge is -2.55. The van der Waals surface area contributed by atoms with E-state index in [0.29, 0.717) is 40.6 Å². The SMILES string of the molecule is CCC(/C=C/C=C/[C@H](C)[C@H]1CC[C@H]2C3=CC=C4CC(O[Si](C)(C)C(C)(C)C)CC[C@]4(C)[C@H]3CC[C@]12C)(CC)OC(=O)C(C)(C)C. The molecular weight excluding hydrogens is 569 g/mol. The van der Waals surface area contributed by atoms with Crippen molar-refractivity contribution in [2.24, 2.45) is 39.9 Å². The maximum Gasteiger partial charge on any atom is 0.312 e. The van der Waals surface area contributed by atoms with E-state index in [-0.39, 0.29) is 11.0 Å². The van der Waals surface area contributed by atoms with Crippen molar-refractivity contribution in [1.82, 2.24) is 0 Å². The number of rotatable bonds is 9. The van der Waals surface area contributed by atoms with Crippen LogP contribution in [0.3, 0.4) is 0 Å². The van der Waals surface area contributed by atoms with Crippen LogP contribution >= 0.6 is 0 Å². The molecule has 254 valence electrons. The summed E-state index contributed by atoms with van der Waals surface area (Å²) in [5.41, 5.74) is 3.06. The molecule has 0 spiro atoms. The van der Waals surface area contributed by atoms with Gasteiger partial charge in [0, 0.05) is 6.10 Å². The lowest BCUT2D eigenvalue weighted by Crippen LogP contribution is -2.49. The molecule has 3 saturated carbocycles. The quantitative estimate of drug-likeness (QED) is 0.143. The molecule has 4 heteroatoms. The molecule has 0 heterocycles. The van der Waals surface area contributed by atoms with Gasteiger partial charge in [0.25, 0.3) is 0 Å². The summed E-state index contributed by atoms with van der Waals surface area (Å²) in [6.07, 6.45) is 24.8. The second-order valence-electron chi connectivity index (χ2n) is 18.4. The van der Waals surface area contributed by atoms with Crippen LogP contribution in [0.1, 0.15) is 134 Å². The van der Waals surface area contributed by atoms with Crippen molar-refractivity contribution in [2.45, 2.75) is 164 Å². The summed E-state index contributed by atoms with van der Waals surface area (Å²) < 4.78 is 13.0. The summed E-state index contributed by atoms with van der Waals surface area (Å²) >= 11 is 0. The van der Waals surface area contributed by atoms with E-state index in [2.05, 4.69) is 105 Å². The van der Waals surface area contributed by atoms with Gasteiger partial charge in [-0.2, -0.15) is 0 Å². The van der Waals surface area contributed by atoms with Gasteiger partial charge in [0.2, 0.25) is 0 Å². The Morgan fingerprint density at radius 3 is 2.22 bits per heavy atom. The average Bonchev–Trinajstić information content (AvgIpc) is 3.30. The summed E-state index contributed by atoms with van der Waals surface area (Å²) in [5, 5.41) is 0.258. The van der Waals surface area contributed by atoms with Crippen molar-refractivity contribution in [2.75, 3.05) is 0 Å². The van der Waals surface area contributed by atoms with E-state index in [1.807, 2.05) is 20.8 Å². The molecule has 0 amide bonds. The molecule has 0 bridgehead atoms. The largest absolute Gasteiger partial charge is 0.454 e. The molecule has 0 aliphatic heterocycles. The molecule has 4 aliphatic carbocycles. The van der Waals surface area contributed by atoms with Crippen molar-refractivity contribution >= 4 is 14.3 Å². The zero-order valence-corrected chi connectivity index (χ0v) is 32.4. The zero-order valence-electron chi connectivity index (χ0n) is 31.4. The minimum atomic E-state index is -1.77. The van der Waals surface area contributed by atoms with E-state index in [1.54, 1.807) is 11.1 Å². The first-order valence-corrected chi connectivity index (χ1v) is 21.3. The van der Waals surface area contributed by atoms with Crippen LogP contribution in [-0.4, -0.2) is 26.0 Å². The monoisotopic (exact) mass is 636 g/mol. The molecular formula is C41H68O3Si. The van der Waals surface area contributed by atoms with E-state index >= 15 is 0 Å². The summed E-state index contributed by atoms with van der Waals surface area (Å²) in [6.45, 7) is 29.5. The normalized spacial score (nSPS) is 33.4. The number of allylic oxidation sites excluding steroid dienone is 6. The van der Waals surface area contributed by atoms with Crippen LogP contribution in [0.4, 0.5) is 0 Å². The molecule has 0 radical (unpaired) electrons. The Kier molecular flexibility index (Phi) is 10.4. The highest BCUT2D eigenvalue weighted by Crippen LogP contribution is 2.66. The molecule has 3 nitrogen and oxygen atoms in total. The van der Waals surface area contributed by atoms with Crippen molar-refractivity contribution in [3.8, 4) is 0 Å². The average molecular weight is 637 g/mol. The van der Waals surface area contributed by atoms with Crippen molar-refractivity contribution in [1.29, 1.82) is 0 Å². The Hall–Kier alpha value is -1.39. The summed E-state index contributed by atoms with van der Waals surface area (Å²) in [5.74, 6) is 2.48. The van der Waals surface area contributed by atoms with Crippen LogP contribution in [0.5, 0.6) is 0 Å². The van der Waals surface area contributed by atoms with Gasteiger partial charge in [-0.05, 0) is 137 Å². The highest BCUT2D eigenvalue weighted by Gasteiger charge is 2.57. The molecule has 0 aromatic rings. The summed E-state index contributed by atoms with van der Waals surface area (Å²) in [7, 11) is -1.77. The van der Waals surface area contributed by atoms with Crippen molar-refractivity contribution in [3.05, 3.63) is 47.6 Å². The number of hydrogen-bond acceptors (Lipinski definition) is 3. The number of ether oxygens (including phenoxy) is 1. The van der Waals surface area contributed by atoms with E-state index in [1.165, 1.54) is 38.5 Å². The van der Waals surface area contributed by atoms with Crippen LogP contribution in [0.25, 0.3) is 0 Å². The Morgan fingerprint density at radius 1 is 0.956 bits per heavy atom. The first-order chi connectivity index (χ1) is 20.7. The molecule has 0 N–H and O–H groups in total. The van der Waals surface area contributed by atoms with Gasteiger partial charge in [0.1, 0.15) is 5.60 Å². The summed E-state index contributed by atoms with van der Waals surface area (Å²) in [4.78, 5) is 12.7. The molecule has 1 unspecified atom stereocenters. The van der Waals surface area contributed by atoms with Gasteiger partial charge in [-0.25, -0.2) is 0 Å². The molecule has 45 heavy (non-hydrogen) atoms. The van der Waals surface area contributed by atoms with Gasteiger partial charge in [-0.1, -0.05) is 96.9 Å². The summed E-state index contributed by atoms with van der Waals surface area (Å²) in [6, 6.07) is 0. The minimum absolute atomic E-state index is 0.130. The van der Waals surface area contributed by atoms with Gasteiger partial charge in [-0.3, -0.25) is 4.79 Å². The highest BCUT2D eigenvalue weighted by atomic mass is 28.4. The number of carbonyl (C=O) groups excluding carboxylic acids is 1. The standard InChI is InChI=1S/C41H68O3Si/c1-14-41(15-2,43-36(42)37(4,5)6)25-17-16-18-29(3)33-21-22-34-32-20-19-30-28-31(44-45(12,13)38(7,8)9)23-26-39(30,10)35(32)24-27-40(33,34)11/h16-20,25,29,31,33-35H,14-15,21-24,26-28H2,1-13H3/b18-16+,25-17+/t29-,31?,33+,34-,35-,39-,40+/m0/s1. The molecule has 4 aliphatic rings. The zero-order chi connectivity index (χ0) is 33.6. The Labute approximate surface area is 278 Å². The lowest BCUT2D eigenvalue weighted by molar-refractivity contribution is -0.165. The Morgan fingerprint density at radius 2 is 1.62 bits per heavy atom. The van der Waals surface area contributed by atoms with Crippen LogP contribution in [-0.2, 0) is 14.0 Å². The first kappa shape index (κ1) is 36.4. The van der Waals surface area contributed by atoms with Crippen molar-refractivity contribution in [3.63, 3.8) is 0 Å². The van der Waals surface area contributed by atoms with E-state index in [4.69, 9.17) is 9.16 Å². The fourth-order valence-electron chi connectivity index (χ4n) is 9.17. The third-order valence-electron chi connectivity index (χ3n) is 13.5. The number of carbonyl (C=O) groups is 1. The second-order valence-corrected chi connectivity index (χ2v) is 23.1. The smallest absolute Gasteiger partial charge is 0.312 e. The van der Waals surface area contributed by atoms with E-state index in [0.717, 1.165) is 19.3 Å². The maximum atomic E-state index is 12.7.